The predicted octanol–water partition coefficient (Wildman–Crippen LogP) is 3.53. The van der Waals surface area contributed by atoms with E-state index in [9.17, 15) is 8.42 Å². The number of nitrogen functional groups attached to an aromatic ring is 1. The number of aryl methyl sites for hydroxylation is 1. The molecule has 3 N–H and O–H groups in total. The molecule has 20 heavy (non-hydrogen) atoms. The van der Waals surface area contributed by atoms with Crippen molar-refractivity contribution in [3.8, 4) is 0 Å². The number of hydrogen-bond donors (Lipinski definition) is 2. The van der Waals surface area contributed by atoms with E-state index >= 15 is 0 Å². The minimum atomic E-state index is -3.62. The average molecular weight is 396 g/mol. The lowest BCUT2D eigenvalue weighted by atomic mass is 10.2. The van der Waals surface area contributed by atoms with Gasteiger partial charge in [-0.15, -0.1) is 11.3 Å². The quantitative estimate of drug-likeness (QED) is 0.778. The lowest BCUT2D eigenvalue weighted by molar-refractivity contribution is 0.581. The highest BCUT2D eigenvalue weighted by atomic mass is 79.9. The maximum absolute atomic E-state index is 12.3. The summed E-state index contributed by atoms with van der Waals surface area (Å²) < 4.78 is 28.0. The number of halogens is 2. The average Bonchev–Trinajstić information content (AvgIpc) is 2.77. The van der Waals surface area contributed by atoms with Crippen LogP contribution in [0, 0.1) is 6.92 Å². The summed E-state index contributed by atoms with van der Waals surface area (Å²) in [5.41, 5.74) is 6.47. The molecule has 0 aliphatic rings. The van der Waals surface area contributed by atoms with E-state index in [1.807, 2.05) is 11.4 Å². The van der Waals surface area contributed by atoms with E-state index < -0.39 is 10.0 Å². The highest BCUT2D eigenvalue weighted by molar-refractivity contribution is 9.10. The minimum absolute atomic E-state index is 0.148. The zero-order valence-electron chi connectivity index (χ0n) is 10.5. The smallest absolute Gasteiger partial charge is 0.241 e. The van der Waals surface area contributed by atoms with Crippen molar-refractivity contribution >= 4 is 54.6 Å². The summed E-state index contributed by atoms with van der Waals surface area (Å²) in [4.78, 5) is 1.06. The second kappa shape index (κ2) is 6.03. The van der Waals surface area contributed by atoms with E-state index in [-0.39, 0.29) is 17.1 Å². The third-order valence-corrected chi connectivity index (χ3v) is 6.21. The summed E-state index contributed by atoms with van der Waals surface area (Å²) in [5.74, 6) is 0. The standard InChI is InChI=1S/C12H12BrClN2O2S2/c1-7-2-10(14)11(15)4-12(7)20(17,18)16-5-9-3-8(13)6-19-9/h2-4,6,16H,5,15H2,1H3. The van der Waals surface area contributed by atoms with Gasteiger partial charge in [0.05, 0.1) is 15.6 Å². The summed E-state index contributed by atoms with van der Waals surface area (Å²) in [6, 6.07) is 4.80. The Balaban J connectivity index is 2.24. The summed E-state index contributed by atoms with van der Waals surface area (Å²) in [5, 5.41) is 2.25. The molecule has 108 valence electrons. The van der Waals surface area contributed by atoms with Crippen molar-refractivity contribution in [2.45, 2.75) is 18.4 Å². The summed E-state index contributed by atoms with van der Waals surface area (Å²) in [6.45, 7) is 1.92. The van der Waals surface area contributed by atoms with E-state index in [4.69, 9.17) is 17.3 Å². The zero-order chi connectivity index (χ0) is 14.9. The van der Waals surface area contributed by atoms with Gasteiger partial charge in [0.25, 0.3) is 0 Å². The van der Waals surface area contributed by atoms with Crippen molar-refractivity contribution in [3.63, 3.8) is 0 Å². The fourth-order valence-electron chi connectivity index (χ4n) is 1.65. The van der Waals surface area contributed by atoms with Crippen molar-refractivity contribution in [2.24, 2.45) is 0 Å². The van der Waals surface area contributed by atoms with Gasteiger partial charge in [-0.05, 0) is 46.6 Å². The van der Waals surface area contributed by atoms with E-state index in [0.717, 1.165) is 9.35 Å². The summed E-state index contributed by atoms with van der Waals surface area (Å²) in [6.07, 6.45) is 0. The lowest BCUT2D eigenvalue weighted by Gasteiger charge is -2.10. The van der Waals surface area contributed by atoms with Gasteiger partial charge in [-0.25, -0.2) is 13.1 Å². The Kier molecular flexibility index (Phi) is 4.76. The first-order chi connectivity index (χ1) is 9.29. The molecule has 0 aliphatic heterocycles. The molecule has 0 radical (unpaired) electrons. The Morgan fingerprint density at radius 2 is 2.10 bits per heavy atom. The lowest BCUT2D eigenvalue weighted by Crippen LogP contribution is -2.23. The van der Waals surface area contributed by atoms with Gasteiger partial charge < -0.3 is 5.73 Å². The number of thiophene rings is 1. The molecule has 0 amide bonds. The van der Waals surface area contributed by atoms with Crippen LogP contribution in [0.25, 0.3) is 0 Å². The molecule has 0 bridgehead atoms. The number of benzene rings is 1. The van der Waals surface area contributed by atoms with Crippen LogP contribution >= 0.6 is 38.9 Å². The number of anilines is 1. The van der Waals surface area contributed by atoms with E-state index in [0.29, 0.717) is 10.6 Å². The van der Waals surface area contributed by atoms with Crippen LogP contribution in [0.2, 0.25) is 5.02 Å². The van der Waals surface area contributed by atoms with Crippen molar-refractivity contribution in [2.75, 3.05) is 5.73 Å². The molecule has 0 aliphatic carbocycles. The Bertz CT molecular complexity index is 744. The second-order valence-electron chi connectivity index (χ2n) is 4.20. The Hall–Kier alpha value is -0.600. The molecule has 2 rings (SSSR count). The zero-order valence-corrected chi connectivity index (χ0v) is 14.5. The topological polar surface area (TPSA) is 72.2 Å². The fourth-order valence-corrected chi connectivity index (χ4v) is 4.61. The van der Waals surface area contributed by atoms with E-state index in [1.54, 1.807) is 13.0 Å². The highest BCUT2D eigenvalue weighted by Crippen LogP contribution is 2.26. The largest absolute Gasteiger partial charge is 0.397 e. The molecular weight excluding hydrogens is 384 g/mol. The monoisotopic (exact) mass is 394 g/mol. The molecule has 1 heterocycles. The number of nitrogens with one attached hydrogen (secondary N) is 1. The molecule has 0 spiro atoms. The van der Waals surface area contributed by atoms with E-state index in [2.05, 4.69) is 20.7 Å². The van der Waals surface area contributed by atoms with Crippen LogP contribution in [-0.4, -0.2) is 8.42 Å². The van der Waals surface area contributed by atoms with Crippen LogP contribution in [0.4, 0.5) is 5.69 Å². The van der Waals surface area contributed by atoms with E-state index in [1.165, 1.54) is 17.4 Å². The Morgan fingerprint density at radius 3 is 2.70 bits per heavy atom. The van der Waals surface area contributed by atoms with Gasteiger partial charge in [0.1, 0.15) is 0 Å². The molecular formula is C12H12BrClN2O2S2. The van der Waals surface area contributed by atoms with Crippen LogP contribution in [0.1, 0.15) is 10.4 Å². The third-order valence-electron chi connectivity index (χ3n) is 2.64. The summed E-state index contributed by atoms with van der Waals surface area (Å²) >= 11 is 10.7. The SMILES string of the molecule is Cc1cc(Cl)c(N)cc1S(=O)(=O)NCc1cc(Br)cs1. The van der Waals surface area contributed by atoms with Gasteiger partial charge in [0.15, 0.2) is 0 Å². The fraction of sp³-hybridized carbons (Fsp3) is 0.167. The van der Waals surface area contributed by atoms with Gasteiger partial charge in [-0.2, -0.15) is 0 Å². The van der Waals surface area contributed by atoms with Gasteiger partial charge in [-0.3, -0.25) is 0 Å². The van der Waals surface area contributed by atoms with Crippen molar-refractivity contribution in [3.05, 3.63) is 43.5 Å². The second-order valence-corrected chi connectivity index (χ2v) is 8.25. The number of hydrogen-bond acceptors (Lipinski definition) is 4. The van der Waals surface area contributed by atoms with Crippen LogP contribution in [0.5, 0.6) is 0 Å². The van der Waals surface area contributed by atoms with Crippen LogP contribution in [0.3, 0.4) is 0 Å². The first-order valence-corrected chi connectivity index (χ1v) is 9.11. The van der Waals surface area contributed by atoms with Gasteiger partial charge in [-0.1, -0.05) is 11.6 Å². The van der Waals surface area contributed by atoms with Crippen LogP contribution in [-0.2, 0) is 16.6 Å². The maximum atomic E-state index is 12.3. The first kappa shape index (κ1) is 15.8. The molecule has 0 saturated carbocycles. The van der Waals surface area contributed by atoms with Gasteiger partial charge in [0, 0.05) is 21.3 Å². The van der Waals surface area contributed by atoms with Gasteiger partial charge in [0.2, 0.25) is 10.0 Å². The number of rotatable bonds is 4. The summed E-state index contributed by atoms with van der Waals surface area (Å²) in [7, 11) is -3.62. The predicted molar refractivity (Wildman–Crippen MR) is 86.6 cm³/mol. The number of sulfonamides is 1. The molecule has 2 aromatic rings. The maximum Gasteiger partial charge on any atom is 0.241 e. The Morgan fingerprint density at radius 1 is 1.40 bits per heavy atom. The first-order valence-electron chi connectivity index (χ1n) is 5.58. The van der Waals surface area contributed by atoms with Crippen LogP contribution in [0.15, 0.2) is 32.9 Å². The molecule has 0 atom stereocenters. The number of nitrogens with two attached hydrogens (primary N) is 1. The van der Waals surface area contributed by atoms with Crippen LogP contribution < -0.4 is 10.5 Å². The van der Waals surface area contributed by atoms with Crippen molar-refractivity contribution < 1.29 is 8.42 Å². The molecule has 1 aromatic heterocycles. The van der Waals surface area contributed by atoms with Crippen molar-refractivity contribution in [1.29, 1.82) is 0 Å². The van der Waals surface area contributed by atoms with Gasteiger partial charge >= 0.3 is 0 Å². The molecule has 4 nitrogen and oxygen atoms in total. The third kappa shape index (κ3) is 3.53. The molecule has 8 heteroatoms. The minimum Gasteiger partial charge on any atom is -0.397 e. The molecule has 0 fully saturated rings. The molecule has 1 aromatic carbocycles. The van der Waals surface area contributed by atoms with Crippen molar-refractivity contribution in [1.82, 2.24) is 4.72 Å². The molecule has 0 saturated heterocycles. The molecule has 0 unspecified atom stereocenters. The highest BCUT2D eigenvalue weighted by Gasteiger charge is 2.18. The Labute approximate surface area is 135 Å². The normalized spacial score (nSPS) is 11.8.